The zero-order chi connectivity index (χ0) is 14.9. The predicted octanol–water partition coefficient (Wildman–Crippen LogP) is 2.51. The van der Waals surface area contributed by atoms with Crippen LogP contribution in [-0.2, 0) is 0 Å². The number of aromatic nitrogens is 2. The van der Waals surface area contributed by atoms with E-state index in [2.05, 4.69) is 10.3 Å². The maximum atomic E-state index is 11.2. The molecule has 0 aromatic carbocycles. The lowest BCUT2D eigenvalue weighted by Crippen LogP contribution is -2.35. The quantitative estimate of drug-likeness (QED) is 0.653. The van der Waals surface area contributed by atoms with Gasteiger partial charge in [-0.25, -0.2) is 0 Å². The molecular weight excluding hydrogens is 280 g/mol. The molecule has 1 unspecified atom stereocenters. The van der Waals surface area contributed by atoms with Crippen molar-refractivity contribution in [3.63, 3.8) is 0 Å². The molecule has 0 amide bonds. The topological polar surface area (TPSA) is 92.7 Å². The summed E-state index contributed by atoms with van der Waals surface area (Å²) in [6.45, 7) is 6.07. The summed E-state index contributed by atoms with van der Waals surface area (Å²) in [7, 11) is 0. The van der Waals surface area contributed by atoms with Crippen LogP contribution >= 0.6 is 11.3 Å². The van der Waals surface area contributed by atoms with Gasteiger partial charge in [-0.05, 0) is 16.8 Å². The Balaban J connectivity index is 2.39. The van der Waals surface area contributed by atoms with E-state index in [0.717, 1.165) is 0 Å². The van der Waals surface area contributed by atoms with Gasteiger partial charge in [-0.15, -0.1) is 0 Å². The molecule has 2 rings (SSSR count). The first kappa shape index (κ1) is 14.7. The smallest absolute Gasteiger partial charge is 0.372 e. The Morgan fingerprint density at radius 3 is 2.85 bits per heavy atom. The first-order valence-corrected chi connectivity index (χ1v) is 7.20. The van der Waals surface area contributed by atoms with Crippen LogP contribution < -0.4 is 5.32 Å². The molecule has 7 nitrogen and oxygen atoms in total. The van der Waals surface area contributed by atoms with Gasteiger partial charge in [0.05, 0.1) is 0 Å². The van der Waals surface area contributed by atoms with E-state index in [1.165, 1.54) is 15.7 Å². The number of aliphatic hydroxyl groups excluding tert-OH is 1. The standard InChI is InChI=1S/C12H18N4O3S/c1-12(2,3)8(4-6-17)13-9-10(16(18)19)15-5-7-20-11(15)14-9/h5,7-8,13,17H,4,6H2,1-3H3. The molecule has 1 atom stereocenters. The molecule has 0 aliphatic carbocycles. The van der Waals surface area contributed by atoms with E-state index in [0.29, 0.717) is 11.4 Å². The second-order valence-corrected chi connectivity index (χ2v) is 6.54. The number of thiazole rings is 1. The normalized spacial score (nSPS) is 13.6. The van der Waals surface area contributed by atoms with Gasteiger partial charge >= 0.3 is 5.82 Å². The first-order valence-electron chi connectivity index (χ1n) is 6.32. The summed E-state index contributed by atoms with van der Waals surface area (Å²) in [5.74, 6) is 0.198. The SMILES string of the molecule is CC(C)(C)C(CCO)Nc1nc2sccn2c1[N+](=O)[O-]. The second-order valence-electron chi connectivity index (χ2n) is 5.67. The fraction of sp³-hybridized carbons (Fsp3) is 0.583. The number of aliphatic hydroxyl groups is 1. The van der Waals surface area contributed by atoms with Crippen molar-refractivity contribution in [2.75, 3.05) is 11.9 Å². The molecule has 2 heterocycles. The molecular formula is C12H18N4O3S. The minimum Gasteiger partial charge on any atom is -0.396 e. The second kappa shape index (κ2) is 5.37. The van der Waals surface area contributed by atoms with Gasteiger partial charge in [0.15, 0.2) is 0 Å². The van der Waals surface area contributed by atoms with Crippen LogP contribution in [0.3, 0.4) is 0 Å². The number of rotatable bonds is 5. The van der Waals surface area contributed by atoms with Gasteiger partial charge in [-0.2, -0.15) is 9.38 Å². The Bertz CT molecular complexity index is 614. The van der Waals surface area contributed by atoms with E-state index in [4.69, 9.17) is 5.11 Å². The Morgan fingerprint density at radius 1 is 1.60 bits per heavy atom. The molecule has 0 aliphatic rings. The lowest BCUT2D eigenvalue weighted by atomic mass is 9.85. The number of nitrogens with zero attached hydrogens (tertiary/aromatic N) is 3. The Morgan fingerprint density at radius 2 is 2.30 bits per heavy atom. The van der Waals surface area contributed by atoms with Crippen molar-refractivity contribution in [1.82, 2.24) is 9.38 Å². The molecule has 2 N–H and O–H groups in total. The maximum Gasteiger partial charge on any atom is 0.372 e. The number of hydrogen-bond donors (Lipinski definition) is 2. The minimum absolute atomic E-state index is 0.0188. The van der Waals surface area contributed by atoms with Gasteiger partial charge in [0.25, 0.3) is 4.96 Å². The van der Waals surface area contributed by atoms with Crippen molar-refractivity contribution in [2.45, 2.75) is 33.2 Å². The number of imidazole rings is 1. The lowest BCUT2D eigenvalue weighted by Gasteiger charge is -2.30. The summed E-state index contributed by atoms with van der Waals surface area (Å²) in [4.78, 5) is 15.7. The number of anilines is 1. The van der Waals surface area contributed by atoms with Crippen LogP contribution in [0.2, 0.25) is 0 Å². The summed E-state index contributed by atoms with van der Waals surface area (Å²) < 4.78 is 1.46. The summed E-state index contributed by atoms with van der Waals surface area (Å²) in [5, 5.41) is 25.3. The van der Waals surface area contributed by atoms with Crippen molar-refractivity contribution in [3.8, 4) is 0 Å². The monoisotopic (exact) mass is 298 g/mol. The van der Waals surface area contributed by atoms with Gasteiger partial charge in [-0.3, -0.25) is 0 Å². The molecule has 0 bridgehead atoms. The predicted molar refractivity (Wildman–Crippen MR) is 78.3 cm³/mol. The lowest BCUT2D eigenvalue weighted by molar-refractivity contribution is -0.389. The summed E-state index contributed by atoms with van der Waals surface area (Å²) in [6, 6.07) is -0.101. The molecule has 0 radical (unpaired) electrons. The van der Waals surface area contributed by atoms with Crippen molar-refractivity contribution in [1.29, 1.82) is 0 Å². The average Bonchev–Trinajstić information content (AvgIpc) is 2.86. The van der Waals surface area contributed by atoms with E-state index in [1.807, 2.05) is 20.8 Å². The van der Waals surface area contributed by atoms with E-state index in [-0.39, 0.29) is 29.7 Å². The third kappa shape index (κ3) is 2.75. The van der Waals surface area contributed by atoms with Gasteiger partial charge in [-0.1, -0.05) is 32.1 Å². The van der Waals surface area contributed by atoms with E-state index in [9.17, 15) is 10.1 Å². The molecule has 0 saturated heterocycles. The van der Waals surface area contributed by atoms with Crippen molar-refractivity contribution in [2.24, 2.45) is 5.41 Å². The number of hydrogen-bond acceptors (Lipinski definition) is 6. The van der Waals surface area contributed by atoms with Crippen molar-refractivity contribution in [3.05, 3.63) is 21.7 Å². The van der Waals surface area contributed by atoms with Crippen molar-refractivity contribution >= 4 is 27.9 Å². The molecule has 0 saturated carbocycles. The minimum atomic E-state index is -0.437. The average molecular weight is 298 g/mol. The van der Waals surface area contributed by atoms with E-state index < -0.39 is 4.92 Å². The third-order valence-corrected chi connectivity index (χ3v) is 3.94. The van der Waals surface area contributed by atoms with E-state index >= 15 is 0 Å². The summed E-state index contributed by atoms with van der Waals surface area (Å²) >= 11 is 1.35. The molecule has 0 spiro atoms. The highest BCUT2D eigenvalue weighted by atomic mass is 32.1. The van der Waals surface area contributed by atoms with Crippen LogP contribution in [0.15, 0.2) is 11.6 Å². The number of fused-ring (bicyclic) bond motifs is 1. The molecule has 110 valence electrons. The molecule has 0 aliphatic heterocycles. The Labute approximate surface area is 120 Å². The van der Waals surface area contributed by atoms with Crippen LogP contribution in [0.4, 0.5) is 11.6 Å². The Hall–Kier alpha value is -1.67. The van der Waals surface area contributed by atoms with Gasteiger partial charge in [0.1, 0.15) is 6.20 Å². The van der Waals surface area contributed by atoms with E-state index in [1.54, 1.807) is 11.6 Å². The molecule has 8 heteroatoms. The van der Waals surface area contributed by atoms with Gasteiger partial charge in [0.2, 0.25) is 5.82 Å². The highest BCUT2D eigenvalue weighted by Gasteiger charge is 2.30. The highest BCUT2D eigenvalue weighted by molar-refractivity contribution is 7.15. The number of nitro groups is 1. The fourth-order valence-corrected chi connectivity index (χ4v) is 2.77. The van der Waals surface area contributed by atoms with Crippen molar-refractivity contribution < 1.29 is 10.0 Å². The third-order valence-electron chi connectivity index (χ3n) is 3.18. The van der Waals surface area contributed by atoms with Gasteiger partial charge in [0, 0.05) is 18.0 Å². The fourth-order valence-electron chi connectivity index (χ4n) is 2.06. The van der Waals surface area contributed by atoms with Gasteiger partial charge < -0.3 is 20.5 Å². The Kier molecular flexibility index (Phi) is 3.96. The zero-order valence-electron chi connectivity index (χ0n) is 11.7. The first-order chi connectivity index (χ1) is 9.34. The molecule has 2 aromatic rings. The zero-order valence-corrected chi connectivity index (χ0v) is 12.5. The van der Waals surface area contributed by atoms with Crippen LogP contribution in [0.5, 0.6) is 0 Å². The van der Waals surface area contributed by atoms with Crippen LogP contribution in [0.25, 0.3) is 4.96 Å². The highest BCUT2D eigenvalue weighted by Crippen LogP contribution is 2.32. The van der Waals surface area contributed by atoms with Crippen LogP contribution in [0, 0.1) is 15.5 Å². The number of nitrogens with one attached hydrogen (secondary N) is 1. The molecule has 0 fully saturated rings. The largest absolute Gasteiger partial charge is 0.396 e. The molecule has 20 heavy (non-hydrogen) atoms. The van der Waals surface area contributed by atoms with Crippen LogP contribution in [0.1, 0.15) is 27.2 Å². The van der Waals surface area contributed by atoms with Crippen LogP contribution in [-0.4, -0.2) is 32.1 Å². The summed E-state index contributed by atoms with van der Waals surface area (Å²) in [6.07, 6.45) is 2.14. The molecule has 2 aromatic heterocycles. The summed E-state index contributed by atoms with van der Waals surface area (Å²) in [5.41, 5.74) is -0.145. The maximum absolute atomic E-state index is 11.2.